The lowest BCUT2D eigenvalue weighted by Gasteiger charge is -2.21. The summed E-state index contributed by atoms with van der Waals surface area (Å²) in [5.74, 6) is 1.62. The summed E-state index contributed by atoms with van der Waals surface area (Å²) < 4.78 is 13.0. The topological polar surface area (TPSA) is 35.8 Å². The first kappa shape index (κ1) is 13.3. The van der Waals surface area contributed by atoms with Gasteiger partial charge in [-0.1, -0.05) is 0 Å². The zero-order valence-electron chi connectivity index (χ0n) is 10.5. The maximum absolute atomic E-state index is 13.0. The largest absolute Gasteiger partial charge is 0.507 e. The van der Waals surface area contributed by atoms with Crippen LogP contribution < -0.4 is 0 Å². The van der Waals surface area contributed by atoms with Crippen molar-refractivity contribution in [1.82, 2.24) is 4.90 Å². The molecule has 0 aromatic heterocycles. The molecule has 2 aliphatic heterocycles. The Morgan fingerprint density at radius 2 is 2.32 bits per heavy atom. The van der Waals surface area contributed by atoms with Crippen molar-refractivity contribution in [2.45, 2.75) is 11.4 Å². The third-order valence-electron chi connectivity index (χ3n) is 3.36. The van der Waals surface area contributed by atoms with Crippen LogP contribution in [0.25, 0.3) is 0 Å². The lowest BCUT2D eigenvalue weighted by Crippen LogP contribution is -2.33. The average molecular weight is 298 g/mol. The Balaban J connectivity index is 1.82. The summed E-state index contributed by atoms with van der Waals surface area (Å²) in [6, 6.07) is 4.36. The predicted octanol–water partition coefficient (Wildman–Crippen LogP) is 2.40. The maximum atomic E-state index is 13.0. The van der Waals surface area contributed by atoms with Gasteiger partial charge in [0.25, 0.3) is 0 Å². The van der Waals surface area contributed by atoms with E-state index in [0.29, 0.717) is 10.9 Å². The third kappa shape index (κ3) is 2.61. The highest BCUT2D eigenvalue weighted by Gasteiger charge is 2.33. The van der Waals surface area contributed by atoms with Crippen LogP contribution in [-0.2, 0) is 0 Å². The number of aromatic hydroxyl groups is 1. The van der Waals surface area contributed by atoms with Gasteiger partial charge in [0, 0.05) is 29.7 Å². The number of phenols is 1. The first-order valence-electron chi connectivity index (χ1n) is 6.16. The fourth-order valence-corrected chi connectivity index (χ4v) is 4.96. The smallest absolute Gasteiger partial charge is 0.128 e. The number of halogens is 1. The molecule has 0 radical (unpaired) electrons. The second-order valence-electron chi connectivity index (χ2n) is 4.72. The molecule has 3 rings (SSSR count). The van der Waals surface area contributed by atoms with Crippen LogP contribution in [0.3, 0.4) is 0 Å². The van der Waals surface area contributed by atoms with Gasteiger partial charge in [0.1, 0.15) is 16.6 Å². The Kier molecular flexibility index (Phi) is 3.73. The Labute approximate surface area is 120 Å². The van der Waals surface area contributed by atoms with Gasteiger partial charge in [0.05, 0.1) is 11.4 Å². The third-order valence-corrected chi connectivity index (χ3v) is 5.90. The molecule has 0 spiro atoms. The van der Waals surface area contributed by atoms with Crippen molar-refractivity contribution >= 4 is 28.6 Å². The van der Waals surface area contributed by atoms with Gasteiger partial charge in [-0.05, 0) is 19.2 Å². The maximum Gasteiger partial charge on any atom is 0.128 e. The van der Waals surface area contributed by atoms with Crippen molar-refractivity contribution in [3.63, 3.8) is 0 Å². The molecule has 0 amide bonds. The summed E-state index contributed by atoms with van der Waals surface area (Å²) in [5.41, 5.74) is 0.638. The van der Waals surface area contributed by atoms with Crippen LogP contribution in [0, 0.1) is 5.82 Å². The minimum atomic E-state index is -0.424. The van der Waals surface area contributed by atoms with Crippen LogP contribution in [0.2, 0.25) is 0 Å². The summed E-state index contributed by atoms with van der Waals surface area (Å²) >= 11 is 3.57. The molecule has 1 saturated heterocycles. The summed E-state index contributed by atoms with van der Waals surface area (Å²) in [6.45, 7) is 1.10. The van der Waals surface area contributed by atoms with Gasteiger partial charge >= 0.3 is 0 Å². The minimum Gasteiger partial charge on any atom is -0.507 e. The number of thioether (sulfide) groups is 2. The first-order chi connectivity index (χ1) is 9.15. The molecule has 0 bridgehead atoms. The van der Waals surface area contributed by atoms with E-state index in [1.807, 2.05) is 11.8 Å². The normalized spacial score (nSPS) is 27.8. The van der Waals surface area contributed by atoms with Crippen LogP contribution >= 0.6 is 23.5 Å². The van der Waals surface area contributed by atoms with Gasteiger partial charge in [0.2, 0.25) is 0 Å². The van der Waals surface area contributed by atoms with Crippen LogP contribution in [0.5, 0.6) is 5.75 Å². The molecule has 0 saturated carbocycles. The minimum absolute atomic E-state index is 0.0284. The molecular weight excluding hydrogens is 283 g/mol. The van der Waals surface area contributed by atoms with E-state index in [4.69, 9.17) is 4.99 Å². The number of aliphatic imine (C=N–C) groups is 1. The van der Waals surface area contributed by atoms with Crippen LogP contribution in [0.1, 0.15) is 5.56 Å². The van der Waals surface area contributed by atoms with Gasteiger partial charge in [0.15, 0.2) is 0 Å². The summed E-state index contributed by atoms with van der Waals surface area (Å²) in [6.07, 6.45) is 0. The summed E-state index contributed by atoms with van der Waals surface area (Å²) in [7, 11) is 2.12. The monoisotopic (exact) mass is 298 g/mol. The highest BCUT2D eigenvalue weighted by Crippen LogP contribution is 2.35. The molecule has 2 aliphatic rings. The van der Waals surface area contributed by atoms with Gasteiger partial charge in [-0.15, -0.1) is 23.5 Å². The summed E-state index contributed by atoms with van der Waals surface area (Å²) in [4.78, 5) is 7.04. The number of nitrogens with zero attached hydrogens (tertiary/aromatic N) is 2. The van der Waals surface area contributed by atoms with E-state index in [1.54, 1.807) is 17.8 Å². The zero-order chi connectivity index (χ0) is 13.4. The Bertz CT molecular complexity index is 523. The molecule has 1 fully saturated rings. The van der Waals surface area contributed by atoms with E-state index in [2.05, 4.69) is 11.9 Å². The molecule has 3 nitrogen and oxygen atoms in total. The van der Waals surface area contributed by atoms with Crippen molar-refractivity contribution in [1.29, 1.82) is 0 Å². The standard InChI is InChI=1S/C13H15FN2OS2/c1-16-4-5-18-13(16)10-7-19-12(15-10)9-3-2-8(14)6-11(9)17/h2-3,6,10,13,17H,4-5,7H2,1H3/t10-,13+/m0/s1. The molecule has 1 N–H and O–H groups in total. The van der Waals surface area contributed by atoms with E-state index in [-0.39, 0.29) is 11.8 Å². The molecule has 2 heterocycles. The lowest BCUT2D eigenvalue weighted by molar-refractivity contribution is 0.328. The molecule has 19 heavy (non-hydrogen) atoms. The van der Waals surface area contributed by atoms with E-state index >= 15 is 0 Å². The van der Waals surface area contributed by atoms with Crippen molar-refractivity contribution in [3.8, 4) is 5.75 Å². The van der Waals surface area contributed by atoms with Crippen molar-refractivity contribution in [2.24, 2.45) is 4.99 Å². The Morgan fingerprint density at radius 3 is 3.00 bits per heavy atom. The van der Waals surface area contributed by atoms with Gasteiger partial charge in [-0.2, -0.15) is 0 Å². The summed E-state index contributed by atoms with van der Waals surface area (Å²) in [5, 5.41) is 11.1. The molecule has 102 valence electrons. The van der Waals surface area contributed by atoms with Crippen molar-refractivity contribution in [2.75, 3.05) is 25.1 Å². The van der Waals surface area contributed by atoms with E-state index in [1.165, 1.54) is 6.07 Å². The van der Waals surface area contributed by atoms with E-state index in [9.17, 15) is 9.50 Å². The second kappa shape index (κ2) is 5.34. The van der Waals surface area contributed by atoms with Crippen molar-refractivity contribution < 1.29 is 9.50 Å². The Hall–Kier alpha value is -0.720. The highest BCUT2D eigenvalue weighted by molar-refractivity contribution is 8.14. The number of benzene rings is 1. The zero-order valence-corrected chi connectivity index (χ0v) is 12.2. The number of hydrogen-bond donors (Lipinski definition) is 1. The molecule has 6 heteroatoms. The van der Waals surface area contributed by atoms with Crippen LogP contribution in [-0.4, -0.2) is 51.6 Å². The molecule has 2 atom stereocenters. The number of hydrogen-bond acceptors (Lipinski definition) is 5. The molecular formula is C13H15FN2OS2. The molecule has 0 unspecified atom stereocenters. The highest BCUT2D eigenvalue weighted by atomic mass is 32.2. The van der Waals surface area contributed by atoms with E-state index < -0.39 is 5.82 Å². The SMILES string of the molecule is CN1CCS[C@@H]1[C@@H]1CSC(c2ccc(F)cc2O)=N1. The van der Waals surface area contributed by atoms with Crippen LogP contribution in [0.15, 0.2) is 23.2 Å². The number of rotatable bonds is 2. The quantitative estimate of drug-likeness (QED) is 0.909. The van der Waals surface area contributed by atoms with E-state index in [0.717, 1.165) is 29.2 Å². The number of phenolic OH excluding ortho intramolecular Hbond substituents is 1. The first-order valence-corrected chi connectivity index (χ1v) is 8.20. The lowest BCUT2D eigenvalue weighted by atomic mass is 10.2. The fraction of sp³-hybridized carbons (Fsp3) is 0.462. The second-order valence-corrected chi connectivity index (χ2v) is 6.95. The van der Waals surface area contributed by atoms with Crippen LogP contribution in [0.4, 0.5) is 4.39 Å². The van der Waals surface area contributed by atoms with Crippen molar-refractivity contribution in [3.05, 3.63) is 29.6 Å². The fourth-order valence-electron chi connectivity index (χ4n) is 2.35. The number of likely N-dealkylation sites (N-methyl/N-ethyl adjacent to an activating group) is 1. The van der Waals surface area contributed by atoms with Gasteiger partial charge < -0.3 is 5.11 Å². The van der Waals surface area contributed by atoms with Gasteiger partial charge in [-0.25, -0.2) is 4.39 Å². The predicted molar refractivity (Wildman–Crippen MR) is 79.7 cm³/mol. The molecule has 1 aromatic carbocycles. The van der Waals surface area contributed by atoms with Gasteiger partial charge in [-0.3, -0.25) is 9.89 Å². The Morgan fingerprint density at radius 1 is 1.47 bits per heavy atom. The average Bonchev–Trinajstić information content (AvgIpc) is 2.97. The molecule has 0 aliphatic carbocycles. The molecule has 1 aromatic rings.